The molecule has 2 amide bonds. The van der Waals surface area contributed by atoms with E-state index in [2.05, 4.69) is 5.32 Å². The second-order valence-electron chi connectivity index (χ2n) is 5.74. The Labute approximate surface area is 158 Å². The highest BCUT2D eigenvalue weighted by molar-refractivity contribution is 6.30. The molecule has 3 nitrogen and oxygen atoms in total. The number of para-hydroxylation sites is 1. The summed E-state index contributed by atoms with van der Waals surface area (Å²) in [6.45, 7) is 0.492. The molecule has 0 aliphatic heterocycles. The lowest BCUT2D eigenvalue weighted by molar-refractivity contribution is 0.249. The normalized spacial score (nSPS) is 10.7. The van der Waals surface area contributed by atoms with E-state index in [0.29, 0.717) is 11.6 Å². The quantitative estimate of drug-likeness (QED) is 0.617. The van der Waals surface area contributed by atoms with E-state index in [0.717, 1.165) is 16.8 Å². The van der Waals surface area contributed by atoms with E-state index in [1.54, 1.807) is 11.1 Å². The molecule has 0 atom stereocenters. The Morgan fingerprint density at radius 2 is 1.50 bits per heavy atom. The van der Waals surface area contributed by atoms with Gasteiger partial charge in [0, 0.05) is 16.9 Å². The number of benzene rings is 3. The van der Waals surface area contributed by atoms with Crippen LogP contribution in [0.25, 0.3) is 6.08 Å². The average Bonchev–Trinajstić information content (AvgIpc) is 2.69. The summed E-state index contributed by atoms with van der Waals surface area (Å²) in [5.74, 6) is 0. The van der Waals surface area contributed by atoms with Gasteiger partial charge in [-0.2, -0.15) is 0 Å². The summed E-state index contributed by atoms with van der Waals surface area (Å²) in [4.78, 5) is 14.4. The summed E-state index contributed by atoms with van der Waals surface area (Å²) < 4.78 is 0. The van der Waals surface area contributed by atoms with E-state index >= 15 is 0 Å². The van der Waals surface area contributed by atoms with Crippen LogP contribution < -0.4 is 10.2 Å². The highest BCUT2D eigenvalue weighted by Crippen LogP contribution is 2.17. The van der Waals surface area contributed by atoms with E-state index < -0.39 is 0 Å². The first-order chi connectivity index (χ1) is 12.7. The predicted molar refractivity (Wildman–Crippen MR) is 108 cm³/mol. The van der Waals surface area contributed by atoms with E-state index in [1.165, 1.54) is 0 Å². The zero-order chi connectivity index (χ0) is 18.2. The predicted octanol–water partition coefficient (Wildman–Crippen LogP) is 5.73. The minimum atomic E-state index is -0.190. The van der Waals surface area contributed by atoms with Crippen molar-refractivity contribution in [1.82, 2.24) is 5.32 Å². The summed E-state index contributed by atoms with van der Waals surface area (Å²) in [7, 11) is 0. The first-order valence-electron chi connectivity index (χ1n) is 8.31. The van der Waals surface area contributed by atoms with Crippen LogP contribution in [0.4, 0.5) is 10.5 Å². The SMILES string of the molecule is O=C(N/C=C/c1ccc(Cl)cc1)N(Cc1ccccc1)c1ccccc1. The molecule has 3 aromatic rings. The second kappa shape index (κ2) is 8.88. The number of carbonyl (C=O) groups excluding carboxylic acids is 1. The van der Waals surface area contributed by atoms with Gasteiger partial charge in [0.1, 0.15) is 0 Å². The first kappa shape index (κ1) is 17.8. The molecule has 0 spiro atoms. The van der Waals surface area contributed by atoms with Crippen molar-refractivity contribution in [2.45, 2.75) is 6.54 Å². The standard InChI is InChI=1S/C22H19ClN2O/c23-20-13-11-18(12-14-20)15-16-24-22(26)25(21-9-5-2-6-10-21)17-19-7-3-1-4-8-19/h1-16H,17H2,(H,24,26)/b16-15+. The summed E-state index contributed by atoms with van der Waals surface area (Å²) in [6.07, 6.45) is 3.48. The lowest BCUT2D eigenvalue weighted by atomic mass is 10.2. The fraction of sp³-hybridized carbons (Fsp3) is 0.0455. The number of halogens is 1. The third-order valence-electron chi connectivity index (χ3n) is 3.85. The average molecular weight is 363 g/mol. The van der Waals surface area contributed by atoms with E-state index in [4.69, 9.17) is 11.6 Å². The van der Waals surface area contributed by atoms with Crippen molar-refractivity contribution in [3.63, 3.8) is 0 Å². The van der Waals surface area contributed by atoms with E-state index in [1.807, 2.05) is 91.0 Å². The van der Waals surface area contributed by atoms with Gasteiger partial charge < -0.3 is 5.32 Å². The van der Waals surface area contributed by atoms with E-state index in [9.17, 15) is 4.79 Å². The van der Waals surface area contributed by atoms with Gasteiger partial charge in [0.25, 0.3) is 0 Å². The van der Waals surface area contributed by atoms with Gasteiger partial charge in [0.15, 0.2) is 0 Å². The molecule has 0 aliphatic rings. The number of rotatable bonds is 5. The number of hydrogen-bond donors (Lipinski definition) is 1. The molecule has 3 rings (SSSR count). The second-order valence-corrected chi connectivity index (χ2v) is 6.18. The maximum absolute atomic E-state index is 12.7. The third kappa shape index (κ3) is 4.98. The van der Waals surface area contributed by atoms with Crippen LogP contribution in [0.15, 0.2) is 91.1 Å². The molecule has 130 valence electrons. The van der Waals surface area contributed by atoms with Crippen LogP contribution in [-0.4, -0.2) is 6.03 Å². The summed E-state index contributed by atoms with van der Waals surface area (Å²) in [6, 6.07) is 26.8. The van der Waals surface area contributed by atoms with Gasteiger partial charge in [0.2, 0.25) is 0 Å². The monoisotopic (exact) mass is 362 g/mol. The summed E-state index contributed by atoms with van der Waals surface area (Å²) in [5.41, 5.74) is 2.87. The van der Waals surface area contributed by atoms with Crippen molar-refractivity contribution >= 4 is 29.4 Å². The van der Waals surface area contributed by atoms with Crippen molar-refractivity contribution in [3.05, 3.63) is 107 Å². The van der Waals surface area contributed by atoms with Crippen molar-refractivity contribution in [1.29, 1.82) is 0 Å². The number of nitrogens with zero attached hydrogens (tertiary/aromatic N) is 1. The third-order valence-corrected chi connectivity index (χ3v) is 4.10. The highest BCUT2D eigenvalue weighted by atomic mass is 35.5. The topological polar surface area (TPSA) is 32.3 Å². The summed E-state index contributed by atoms with van der Waals surface area (Å²) in [5, 5.41) is 3.52. The zero-order valence-corrected chi connectivity index (χ0v) is 14.9. The van der Waals surface area contributed by atoms with Crippen molar-refractivity contribution in [2.75, 3.05) is 4.90 Å². The fourth-order valence-electron chi connectivity index (χ4n) is 2.52. The molecule has 0 saturated carbocycles. The first-order valence-corrected chi connectivity index (χ1v) is 8.69. The molecule has 3 aromatic carbocycles. The van der Waals surface area contributed by atoms with Crippen LogP contribution >= 0.6 is 11.6 Å². The lowest BCUT2D eigenvalue weighted by Gasteiger charge is -2.22. The van der Waals surface area contributed by atoms with E-state index in [-0.39, 0.29) is 6.03 Å². The summed E-state index contributed by atoms with van der Waals surface area (Å²) >= 11 is 5.88. The molecule has 0 fully saturated rings. The Balaban J connectivity index is 1.73. The van der Waals surface area contributed by atoms with Gasteiger partial charge >= 0.3 is 6.03 Å². The Morgan fingerprint density at radius 3 is 2.15 bits per heavy atom. The molecule has 0 saturated heterocycles. The minimum Gasteiger partial charge on any atom is -0.314 e. The largest absolute Gasteiger partial charge is 0.326 e. The molecular weight excluding hydrogens is 344 g/mol. The van der Waals surface area contributed by atoms with Crippen LogP contribution in [0.1, 0.15) is 11.1 Å². The number of anilines is 1. The Kier molecular flexibility index (Phi) is 6.07. The van der Waals surface area contributed by atoms with Crippen LogP contribution in [0, 0.1) is 0 Å². The van der Waals surface area contributed by atoms with Crippen LogP contribution in [0.5, 0.6) is 0 Å². The molecule has 0 aliphatic carbocycles. The maximum Gasteiger partial charge on any atom is 0.326 e. The zero-order valence-electron chi connectivity index (χ0n) is 14.2. The van der Waals surface area contributed by atoms with Gasteiger partial charge in [-0.05, 0) is 41.5 Å². The van der Waals surface area contributed by atoms with Gasteiger partial charge in [-0.1, -0.05) is 72.3 Å². The van der Waals surface area contributed by atoms with Gasteiger partial charge in [0.05, 0.1) is 6.54 Å². The van der Waals surface area contributed by atoms with Crippen LogP contribution in [-0.2, 0) is 6.54 Å². The molecule has 0 unspecified atom stereocenters. The number of amides is 2. The molecule has 4 heteroatoms. The molecular formula is C22H19ClN2O. The van der Waals surface area contributed by atoms with Gasteiger partial charge in [-0.25, -0.2) is 4.79 Å². The smallest absolute Gasteiger partial charge is 0.314 e. The maximum atomic E-state index is 12.7. The van der Waals surface area contributed by atoms with Crippen molar-refractivity contribution in [3.8, 4) is 0 Å². The van der Waals surface area contributed by atoms with Crippen molar-refractivity contribution < 1.29 is 4.79 Å². The highest BCUT2D eigenvalue weighted by Gasteiger charge is 2.14. The fourth-order valence-corrected chi connectivity index (χ4v) is 2.64. The number of hydrogen-bond acceptors (Lipinski definition) is 1. The number of carbonyl (C=O) groups is 1. The molecule has 1 N–H and O–H groups in total. The van der Waals surface area contributed by atoms with Crippen LogP contribution in [0.3, 0.4) is 0 Å². The van der Waals surface area contributed by atoms with Crippen LogP contribution in [0.2, 0.25) is 5.02 Å². The Bertz CT molecular complexity index is 862. The molecule has 0 heterocycles. The lowest BCUT2D eigenvalue weighted by Crippen LogP contribution is -2.37. The Hall–Kier alpha value is -3.04. The van der Waals surface area contributed by atoms with Crippen molar-refractivity contribution in [2.24, 2.45) is 0 Å². The molecule has 26 heavy (non-hydrogen) atoms. The minimum absolute atomic E-state index is 0.190. The van der Waals surface area contributed by atoms with Gasteiger partial charge in [-0.15, -0.1) is 0 Å². The van der Waals surface area contributed by atoms with Gasteiger partial charge in [-0.3, -0.25) is 4.90 Å². The Morgan fingerprint density at radius 1 is 0.885 bits per heavy atom. The molecule has 0 aromatic heterocycles. The number of urea groups is 1. The molecule has 0 radical (unpaired) electrons. The molecule has 0 bridgehead atoms. The number of nitrogens with one attached hydrogen (secondary N) is 1.